The van der Waals surface area contributed by atoms with E-state index in [9.17, 15) is 4.79 Å². The molecule has 2 aliphatic rings. The van der Waals surface area contributed by atoms with Gasteiger partial charge in [-0.3, -0.25) is 4.79 Å². The quantitative estimate of drug-likeness (QED) is 0.171. The molecule has 7 heteroatoms. The van der Waals surface area contributed by atoms with E-state index in [0.29, 0.717) is 0 Å². The Morgan fingerprint density at radius 2 is 0.792 bits per heavy atom. The summed E-state index contributed by atoms with van der Waals surface area (Å²) in [5.74, 6) is -0.0625. The number of rotatable bonds is 9. The minimum Gasteiger partial charge on any atom is -0.657 e. The number of fused-ring (bicyclic) bond motifs is 8. The maximum Gasteiger partial charge on any atom is 0.155 e. The van der Waals surface area contributed by atoms with E-state index in [2.05, 4.69) is 79.7 Å². The first kappa shape index (κ1) is 39.5. The van der Waals surface area contributed by atoms with Crippen molar-refractivity contribution in [3.63, 3.8) is 0 Å². The maximum atomic E-state index is 10.0. The molecule has 5 heterocycles. The van der Waals surface area contributed by atoms with Crippen molar-refractivity contribution in [2.45, 2.75) is 121 Å². The van der Waals surface area contributed by atoms with Gasteiger partial charge in [0.15, 0.2) is 5.78 Å². The molecule has 0 unspecified atom stereocenters. The average molecular weight is 800 g/mol. The van der Waals surface area contributed by atoms with Crippen LogP contribution in [0.15, 0.2) is 36.1 Å². The van der Waals surface area contributed by atoms with Crippen molar-refractivity contribution in [1.29, 1.82) is 0 Å². The Labute approximate surface area is 316 Å². The molecule has 0 fully saturated rings. The predicted molar refractivity (Wildman–Crippen MR) is 198 cm³/mol. The van der Waals surface area contributed by atoms with Crippen molar-refractivity contribution in [3.05, 3.63) is 81.1 Å². The van der Waals surface area contributed by atoms with E-state index in [4.69, 9.17) is 25.0 Å². The zero-order valence-electron chi connectivity index (χ0n) is 30.5. The summed E-state index contributed by atoms with van der Waals surface area (Å²) < 4.78 is 0. The minimum absolute atomic E-state index is 0. The molecular formula is C41H52ErN4O2-2. The number of aliphatic hydroxyl groups excluding tert-OH is 1. The normalized spacial score (nSPS) is 13.0. The number of nitrogens with zero attached hydrogens (tertiary/aromatic N) is 4. The van der Waals surface area contributed by atoms with Crippen LogP contribution in [0.1, 0.15) is 140 Å². The summed E-state index contributed by atoms with van der Waals surface area (Å²) in [6.07, 6.45) is 8.77. The molecule has 5 rings (SSSR count). The first-order valence-electron chi connectivity index (χ1n) is 17.6. The third-order valence-corrected chi connectivity index (χ3v) is 9.23. The number of ketones is 1. The van der Waals surface area contributed by atoms with Crippen LogP contribution in [0.3, 0.4) is 0 Å². The van der Waals surface area contributed by atoms with Crippen molar-refractivity contribution in [2.75, 3.05) is 0 Å². The van der Waals surface area contributed by atoms with E-state index in [-0.39, 0.29) is 48.8 Å². The van der Waals surface area contributed by atoms with Crippen molar-refractivity contribution >= 4 is 50.1 Å². The van der Waals surface area contributed by atoms with Crippen molar-refractivity contribution in [1.82, 2.24) is 19.9 Å². The van der Waals surface area contributed by atoms with E-state index in [1.807, 2.05) is 0 Å². The molecule has 1 N–H and O–H groups in total. The number of carbonyl (C=O) groups excluding carboxylic acids is 1. The van der Waals surface area contributed by atoms with Gasteiger partial charge in [-0.15, -0.1) is 22.1 Å². The molecule has 6 nitrogen and oxygen atoms in total. The van der Waals surface area contributed by atoms with Crippen LogP contribution in [0.5, 0.6) is 0 Å². The molecule has 0 amide bonds. The summed E-state index contributed by atoms with van der Waals surface area (Å²) in [4.78, 5) is 31.0. The third-order valence-electron chi connectivity index (χ3n) is 9.23. The monoisotopic (exact) mass is 798 g/mol. The fourth-order valence-electron chi connectivity index (χ4n) is 7.22. The van der Waals surface area contributed by atoms with Crippen molar-refractivity contribution < 1.29 is 47.2 Å². The molecule has 0 aromatic carbocycles. The van der Waals surface area contributed by atoms with Gasteiger partial charge in [0, 0.05) is 43.4 Å². The summed E-state index contributed by atoms with van der Waals surface area (Å²) in [5.41, 5.74) is 19.1. The second kappa shape index (κ2) is 17.6. The van der Waals surface area contributed by atoms with Gasteiger partial charge in [0.25, 0.3) is 0 Å². The molecule has 0 spiro atoms. The van der Waals surface area contributed by atoms with Crippen LogP contribution < -0.4 is 9.97 Å². The second-order valence-electron chi connectivity index (χ2n) is 12.2. The van der Waals surface area contributed by atoms with Crippen LogP contribution in [0.4, 0.5) is 0 Å². The number of aliphatic hydroxyl groups is 1. The van der Waals surface area contributed by atoms with Gasteiger partial charge in [0.1, 0.15) is 0 Å². The Morgan fingerprint density at radius 3 is 0.938 bits per heavy atom. The molecule has 0 atom stereocenters. The van der Waals surface area contributed by atoms with E-state index < -0.39 is 0 Å². The standard InChI is InChI=1S/C36H44N4.C5H8O2.Er/c1-9-21-22(10-2)30-18-32-25(13-5)26(14-6)34(39-32)20-36-28(16-8)27(15-7)35(40-36)19-33-24(12-4)23(11-3)31(38-33)17-29(21)37-30;1-4(6)3-5(2)7;/h17-20H,9-16H2,1-8H3;3,6H,1-2H3;/q-2;;/b;4-3-;. The Hall–Kier alpha value is -2.94. The summed E-state index contributed by atoms with van der Waals surface area (Å²) in [7, 11) is 0. The van der Waals surface area contributed by atoms with Gasteiger partial charge >= 0.3 is 0 Å². The molecule has 0 saturated heterocycles. The third kappa shape index (κ3) is 8.08. The topological polar surface area (TPSA) is 91.3 Å². The van der Waals surface area contributed by atoms with Crippen LogP contribution in [0, 0.1) is 37.3 Å². The van der Waals surface area contributed by atoms with Gasteiger partial charge in [-0.25, -0.2) is 9.97 Å². The number of hydrogen-bond acceptors (Lipinski definition) is 4. The first-order valence-corrected chi connectivity index (χ1v) is 17.6. The summed E-state index contributed by atoms with van der Waals surface area (Å²) in [5, 5.41) is 8.36. The van der Waals surface area contributed by atoms with Crippen LogP contribution in [0.25, 0.3) is 44.4 Å². The number of allylic oxidation sites excluding steroid dienone is 6. The Kier molecular flexibility index (Phi) is 14.5. The van der Waals surface area contributed by atoms with Crippen LogP contribution in [-0.2, 0) is 30.5 Å². The zero-order valence-corrected chi connectivity index (χ0v) is 32.3. The second-order valence-corrected chi connectivity index (χ2v) is 12.2. The smallest absolute Gasteiger partial charge is 0.155 e. The molecule has 3 aromatic heterocycles. The largest absolute Gasteiger partial charge is 0.657 e. The molecule has 3 aromatic rings. The van der Waals surface area contributed by atoms with E-state index in [1.54, 1.807) is 0 Å². The molecule has 8 bridgehead atoms. The fourth-order valence-corrected chi connectivity index (χ4v) is 7.22. The first-order chi connectivity index (χ1) is 22.6. The fraction of sp³-hybridized carbons (Fsp3) is 0.439. The van der Waals surface area contributed by atoms with Gasteiger partial charge in [-0.1, -0.05) is 102 Å². The molecule has 262 valence electrons. The number of aromatic nitrogens is 4. The number of aryl methyl sites for hydroxylation is 4. The van der Waals surface area contributed by atoms with Gasteiger partial charge in [0.05, 0.1) is 28.5 Å². The number of carbonyl (C=O) groups is 1. The minimum atomic E-state index is -0.125. The van der Waals surface area contributed by atoms with E-state index in [0.717, 1.165) is 96.2 Å². The van der Waals surface area contributed by atoms with Gasteiger partial charge < -0.3 is 15.1 Å². The molecule has 0 aliphatic carbocycles. The van der Waals surface area contributed by atoms with E-state index >= 15 is 0 Å². The average Bonchev–Trinajstić information content (AvgIpc) is 3.75. The maximum absolute atomic E-state index is 10.0. The van der Waals surface area contributed by atoms with Crippen LogP contribution in [0.2, 0.25) is 0 Å². The molecule has 2 aliphatic heterocycles. The molecule has 48 heavy (non-hydrogen) atoms. The molecular weight excluding hydrogens is 748 g/mol. The van der Waals surface area contributed by atoms with Crippen LogP contribution in [-0.4, -0.2) is 20.9 Å². The van der Waals surface area contributed by atoms with Crippen LogP contribution >= 0.6 is 0 Å². The SMILES string of the molecule is CC(=O)/C=C(/C)O.CCC1=C(CC)c2cc3[n-]c(cc4nc(cc5[n-]c(cc1n2)c(CC)c5CC)C(CC)=C4CC)c(CC)c3CC.[Er]. The summed E-state index contributed by atoms with van der Waals surface area (Å²) in [6, 6.07) is 8.98. The zero-order chi connectivity index (χ0) is 34.4. The Morgan fingerprint density at radius 1 is 0.542 bits per heavy atom. The van der Waals surface area contributed by atoms with Gasteiger partial charge in [-0.2, -0.15) is 0 Å². The molecule has 0 saturated carbocycles. The predicted octanol–water partition coefficient (Wildman–Crippen LogP) is 10.3. The van der Waals surface area contributed by atoms with E-state index in [1.165, 1.54) is 64.5 Å². The van der Waals surface area contributed by atoms with Crippen molar-refractivity contribution in [3.8, 4) is 0 Å². The van der Waals surface area contributed by atoms with Gasteiger partial charge in [0.2, 0.25) is 0 Å². The summed E-state index contributed by atoms with van der Waals surface area (Å²) in [6.45, 7) is 20.8. The Balaban J connectivity index is 0.000000706. The Bertz CT molecular complexity index is 1680. The summed E-state index contributed by atoms with van der Waals surface area (Å²) >= 11 is 0. The number of hydrogen-bond donors (Lipinski definition) is 1. The molecule has 0 radical (unpaired) electrons. The van der Waals surface area contributed by atoms with Crippen molar-refractivity contribution in [2.24, 2.45) is 0 Å². The van der Waals surface area contributed by atoms with Gasteiger partial charge in [-0.05, 0) is 87.5 Å².